The van der Waals surface area contributed by atoms with Crippen LogP contribution in [0.2, 0.25) is 0 Å². The van der Waals surface area contributed by atoms with Gasteiger partial charge in [0, 0.05) is 0 Å². The molecule has 3 nitrogen and oxygen atoms in total. The van der Waals surface area contributed by atoms with Gasteiger partial charge in [0.1, 0.15) is 11.5 Å². The van der Waals surface area contributed by atoms with E-state index in [0.717, 1.165) is 0 Å². The lowest BCUT2D eigenvalue weighted by molar-refractivity contribution is -0.111. The Kier molecular flexibility index (Phi) is 2.92. The minimum absolute atomic E-state index is 0.0388. The molecule has 0 aliphatic heterocycles. The molecule has 0 heterocycles. The number of phenols is 1. The van der Waals surface area contributed by atoms with Gasteiger partial charge in [-0.1, -0.05) is 12.1 Å². The van der Waals surface area contributed by atoms with Crippen molar-refractivity contribution in [3.63, 3.8) is 0 Å². The molecule has 0 aliphatic carbocycles. The molecule has 0 saturated carbocycles. The number of phenolic OH excluding ortho intramolecular Hbond substituents is 1. The Morgan fingerprint density at radius 3 is 2.36 bits per heavy atom. The van der Waals surface area contributed by atoms with Gasteiger partial charge < -0.3 is 10.2 Å². The summed E-state index contributed by atoms with van der Waals surface area (Å²) >= 11 is 0. The van der Waals surface area contributed by atoms with Crippen molar-refractivity contribution in [1.82, 2.24) is 0 Å². The number of carbonyl (C=O) groups excluding carboxylic acids is 1. The number of benzene rings is 1. The number of carbonyl (C=O) groups is 1. The lowest BCUT2D eigenvalue weighted by atomic mass is 10.0. The lowest BCUT2D eigenvalue weighted by Gasteiger charge is -2.05. The van der Waals surface area contributed by atoms with E-state index in [1.807, 2.05) is 0 Å². The van der Waals surface area contributed by atoms with Crippen LogP contribution in [0.4, 0.5) is 0 Å². The van der Waals surface area contributed by atoms with Crippen LogP contribution in [0.1, 0.15) is 19.4 Å². The fourth-order valence-corrected chi connectivity index (χ4v) is 1.33. The Morgan fingerprint density at radius 1 is 1.29 bits per heavy atom. The molecule has 74 valence electrons. The van der Waals surface area contributed by atoms with Crippen LogP contribution in [-0.4, -0.2) is 16.0 Å². The number of ketones is 1. The van der Waals surface area contributed by atoms with Crippen LogP contribution in [0.3, 0.4) is 0 Å². The highest BCUT2D eigenvalue weighted by atomic mass is 16.3. The minimum atomic E-state index is -0.226. The van der Waals surface area contributed by atoms with Gasteiger partial charge in [-0.05, 0) is 31.5 Å². The second kappa shape index (κ2) is 3.96. The van der Waals surface area contributed by atoms with E-state index in [9.17, 15) is 15.0 Å². The van der Waals surface area contributed by atoms with Gasteiger partial charge in [-0.25, -0.2) is 0 Å². The zero-order valence-electron chi connectivity index (χ0n) is 8.11. The third-order valence-corrected chi connectivity index (χ3v) is 1.85. The molecule has 0 spiro atoms. The molecule has 1 aromatic carbocycles. The number of hydrogen-bond donors (Lipinski definition) is 2. The average Bonchev–Trinajstić information content (AvgIpc) is 2.02. The summed E-state index contributed by atoms with van der Waals surface area (Å²) in [5, 5.41) is 18.5. The van der Waals surface area contributed by atoms with E-state index in [0.29, 0.717) is 5.56 Å². The molecule has 2 N–H and O–H groups in total. The molecule has 0 unspecified atom stereocenters. The molecular formula is C11H12O3. The molecule has 1 aromatic rings. The average molecular weight is 192 g/mol. The first kappa shape index (κ1) is 10.3. The second-order valence-electron chi connectivity index (χ2n) is 3.07. The van der Waals surface area contributed by atoms with Crippen molar-refractivity contribution >= 4 is 11.4 Å². The van der Waals surface area contributed by atoms with Gasteiger partial charge in [-0.15, -0.1) is 0 Å². The highest BCUT2D eigenvalue weighted by molar-refractivity contribution is 6.20. The van der Waals surface area contributed by atoms with Crippen molar-refractivity contribution in [2.24, 2.45) is 0 Å². The predicted octanol–water partition coefficient (Wildman–Crippen LogP) is 2.27. The number of aliphatic hydroxyl groups is 1. The minimum Gasteiger partial charge on any atom is -0.512 e. The van der Waals surface area contributed by atoms with Crippen LogP contribution in [-0.2, 0) is 4.79 Å². The van der Waals surface area contributed by atoms with Gasteiger partial charge >= 0.3 is 0 Å². The Balaban J connectivity index is 3.27. The molecule has 0 aromatic heterocycles. The Hall–Kier alpha value is -1.77. The summed E-state index contributed by atoms with van der Waals surface area (Å²) in [6, 6.07) is 6.23. The largest absolute Gasteiger partial charge is 0.512 e. The van der Waals surface area contributed by atoms with E-state index in [4.69, 9.17) is 0 Å². The highest BCUT2D eigenvalue weighted by Crippen LogP contribution is 2.22. The van der Waals surface area contributed by atoms with Crippen molar-refractivity contribution in [2.75, 3.05) is 0 Å². The van der Waals surface area contributed by atoms with Crippen LogP contribution >= 0.6 is 0 Å². The summed E-state index contributed by atoms with van der Waals surface area (Å²) in [6.07, 6.45) is 0. The van der Waals surface area contributed by atoms with Gasteiger partial charge in [0.2, 0.25) is 0 Å². The summed E-state index contributed by atoms with van der Waals surface area (Å²) in [4.78, 5) is 11.2. The van der Waals surface area contributed by atoms with E-state index in [1.165, 1.54) is 26.0 Å². The Labute approximate surface area is 82.3 Å². The van der Waals surface area contributed by atoms with Crippen molar-refractivity contribution in [3.05, 3.63) is 35.6 Å². The topological polar surface area (TPSA) is 57.5 Å². The van der Waals surface area contributed by atoms with E-state index >= 15 is 0 Å². The first-order valence-electron chi connectivity index (χ1n) is 4.22. The molecule has 0 saturated heterocycles. The molecule has 0 amide bonds. The van der Waals surface area contributed by atoms with Crippen molar-refractivity contribution in [1.29, 1.82) is 0 Å². The van der Waals surface area contributed by atoms with E-state index in [2.05, 4.69) is 0 Å². The Bertz CT molecular complexity index is 387. The van der Waals surface area contributed by atoms with Gasteiger partial charge in [0.05, 0.1) is 5.57 Å². The van der Waals surface area contributed by atoms with Crippen molar-refractivity contribution in [3.8, 4) is 5.75 Å². The van der Waals surface area contributed by atoms with E-state index < -0.39 is 0 Å². The monoisotopic (exact) mass is 192 g/mol. The number of hydrogen-bond acceptors (Lipinski definition) is 3. The standard InChI is InChI=1S/C11H12O3/c1-7(12)11(8(2)13)9-4-3-5-10(14)6-9/h3-6,12,14H,1-2H3/b11-7+. The van der Waals surface area contributed by atoms with Crippen molar-refractivity contribution < 1.29 is 15.0 Å². The molecule has 0 radical (unpaired) electrons. The highest BCUT2D eigenvalue weighted by Gasteiger charge is 2.10. The normalized spacial score (nSPS) is 12.1. The van der Waals surface area contributed by atoms with Crippen LogP contribution < -0.4 is 0 Å². The quantitative estimate of drug-likeness (QED) is 0.558. The lowest BCUT2D eigenvalue weighted by Crippen LogP contribution is -1.99. The summed E-state index contributed by atoms with van der Waals surface area (Å²) in [6.45, 7) is 2.82. The van der Waals surface area contributed by atoms with E-state index in [-0.39, 0.29) is 22.9 Å². The molecular weight excluding hydrogens is 180 g/mol. The molecule has 0 atom stereocenters. The SMILES string of the molecule is CC(=O)/C(=C(/C)O)c1cccc(O)c1. The number of rotatable bonds is 2. The van der Waals surface area contributed by atoms with Gasteiger partial charge in [-0.3, -0.25) is 4.79 Å². The number of aromatic hydroxyl groups is 1. The molecule has 1 rings (SSSR count). The molecule has 0 bridgehead atoms. The maximum atomic E-state index is 11.2. The van der Waals surface area contributed by atoms with E-state index in [1.54, 1.807) is 12.1 Å². The van der Waals surface area contributed by atoms with Crippen LogP contribution in [0.5, 0.6) is 5.75 Å². The zero-order valence-corrected chi connectivity index (χ0v) is 8.11. The maximum absolute atomic E-state index is 11.2. The molecule has 14 heavy (non-hydrogen) atoms. The van der Waals surface area contributed by atoms with Crippen molar-refractivity contribution in [2.45, 2.75) is 13.8 Å². The summed E-state index contributed by atoms with van der Waals surface area (Å²) in [5.74, 6) is -0.193. The fourth-order valence-electron chi connectivity index (χ4n) is 1.33. The smallest absolute Gasteiger partial charge is 0.163 e. The molecule has 0 fully saturated rings. The second-order valence-corrected chi connectivity index (χ2v) is 3.07. The number of Topliss-reactive ketones (excluding diaryl/α,β-unsaturated/α-hetero) is 1. The van der Waals surface area contributed by atoms with Gasteiger partial charge in [0.25, 0.3) is 0 Å². The number of aliphatic hydroxyl groups excluding tert-OH is 1. The first-order chi connectivity index (χ1) is 6.52. The van der Waals surface area contributed by atoms with Crippen LogP contribution in [0.25, 0.3) is 5.57 Å². The van der Waals surface area contributed by atoms with Crippen LogP contribution in [0, 0.1) is 0 Å². The summed E-state index contributed by atoms with van der Waals surface area (Å²) < 4.78 is 0. The number of allylic oxidation sites excluding steroid dienone is 2. The fraction of sp³-hybridized carbons (Fsp3) is 0.182. The summed E-state index contributed by atoms with van der Waals surface area (Å²) in [7, 11) is 0. The zero-order chi connectivity index (χ0) is 10.7. The third kappa shape index (κ3) is 2.13. The Morgan fingerprint density at radius 2 is 1.93 bits per heavy atom. The first-order valence-corrected chi connectivity index (χ1v) is 4.22. The predicted molar refractivity (Wildman–Crippen MR) is 54.0 cm³/mol. The summed E-state index contributed by atoms with van der Waals surface area (Å²) in [5.41, 5.74) is 0.762. The van der Waals surface area contributed by atoms with Gasteiger partial charge in [-0.2, -0.15) is 0 Å². The van der Waals surface area contributed by atoms with Gasteiger partial charge in [0.15, 0.2) is 5.78 Å². The molecule has 3 heteroatoms. The maximum Gasteiger partial charge on any atom is 0.163 e. The van der Waals surface area contributed by atoms with Crippen LogP contribution in [0.15, 0.2) is 30.0 Å². The third-order valence-electron chi connectivity index (χ3n) is 1.85. The molecule has 0 aliphatic rings.